The van der Waals surface area contributed by atoms with E-state index in [1.807, 2.05) is 34.7 Å². The highest BCUT2D eigenvalue weighted by Crippen LogP contribution is 2.49. The summed E-state index contributed by atoms with van der Waals surface area (Å²) in [5, 5.41) is 8.56. The number of aromatic nitrogens is 4. The Hall–Kier alpha value is -3.41. The first-order chi connectivity index (χ1) is 15.2. The van der Waals surface area contributed by atoms with Gasteiger partial charge in [0.2, 0.25) is 5.78 Å². The van der Waals surface area contributed by atoms with Crippen LogP contribution in [0, 0.1) is 0 Å². The van der Waals surface area contributed by atoms with E-state index in [0.717, 1.165) is 60.4 Å². The molecule has 0 bridgehead atoms. The Bertz CT molecular complexity index is 1340. The van der Waals surface area contributed by atoms with Gasteiger partial charge in [-0.3, -0.25) is 9.20 Å². The summed E-state index contributed by atoms with van der Waals surface area (Å²) in [6.45, 7) is 0. The van der Waals surface area contributed by atoms with E-state index >= 15 is 0 Å². The summed E-state index contributed by atoms with van der Waals surface area (Å²) in [6, 6.07) is 16.0. The summed E-state index contributed by atoms with van der Waals surface area (Å²) in [6.07, 6.45) is 8.29. The summed E-state index contributed by atoms with van der Waals surface area (Å²) in [4.78, 5) is 14.2. The quantitative estimate of drug-likeness (QED) is 0.492. The standard InChI is InChI=1S/C25H24N4O2/c1-31-19-11-9-18(10-12-19)29-23(30)21-22(28-16-26-27-24(28)29)20-8-4-3-7-17(20)15-25(21)13-5-2-6-14-25/h3-4,7-12,16H,2,5-6,13-15H2,1H3. The van der Waals surface area contributed by atoms with E-state index in [4.69, 9.17) is 4.74 Å². The normalized spacial score (nSPS) is 16.8. The number of benzene rings is 2. The summed E-state index contributed by atoms with van der Waals surface area (Å²) >= 11 is 0. The number of rotatable bonds is 2. The largest absolute Gasteiger partial charge is 0.497 e. The zero-order valence-corrected chi connectivity index (χ0v) is 17.5. The fourth-order valence-corrected chi connectivity index (χ4v) is 5.68. The highest BCUT2D eigenvalue weighted by atomic mass is 16.5. The summed E-state index contributed by atoms with van der Waals surface area (Å²) in [5.74, 6) is 1.29. The molecule has 156 valence electrons. The SMILES string of the molecule is COc1ccc(-n2c(=O)c3c(n4cnnc24)-c2ccccc2CC32CCCCC2)cc1. The maximum Gasteiger partial charge on any atom is 0.263 e. The van der Waals surface area contributed by atoms with Gasteiger partial charge in [-0.1, -0.05) is 43.5 Å². The molecule has 1 spiro atoms. The molecular formula is C25H24N4O2. The molecule has 31 heavy (non-hydrogen) atoms. The van der Waals surface area contributed by atoms with Crippen molar-refractivity contribution in [3.8, 4) is 22.7 Å². The third-order valence-electron chi connectivity index (χ3n) is 7.10. The first-order valence-electron chi connectivity index (χ1n) is 10.9. The molecular weight excluding hydrogens is 388 g/mol. The molecule has 0 N–H and O–H groups in total. The number of hydrogen-bond donors (Lipinski definition) is 0. The number of hydrogen-bond acceptors (Lipinski definition) is 4. The Labute approximate surface area is 180 Å². The van der Waals surface area contributed by atoms with Crippen molar-refractivity contribution >= 4 is 5.78 Å². The lowest BCUT2D eigenvalue weighted by molar-refractivity contribution is 0.284. The van der Waals surface area contributed by atoms with Crippen LogP contribution in [0.2, 0.25) is 0 Å². The third kappa shape index (κ3) is 2.60. The Morgan fingerprint density at radius 1 is 1.00 bits per heavy atom. The highest BCUT2D eigenvalue weighted by Gasteiger charge is 2.43. The second kappa shape index (κ2) is 6.80. The molecule has 6 rings (SSSR count). The molecule has 2 aliphatic rings. The van der Waals surface area contributed by atoms with Gasteiger partial charge in [0, 0.05) is 16.5 Å². The van der Waals surface area contributed by atoms with E-state index in [1.165, 1.54) is 12.0 Å². The van der Waals surface area contributed by atoms with Gasteiger partial charge in [-0.05, 0) is 49.1 Å². The molecule has 1 fully saturated rings. The Morgan fingerprint density at radius 3 is 2.55 bits per heavy atom. The van der Waals surface area contributed by atoms with Crippen molar-refractivity contribution in [2.24, 2.45) is 0 Å². The minimum Gasteiger partial charge on any atom is -0.497 e. The van der Waals surface area contributed by atoms with Crippen LogP contribution in [-0.2, 0) is 11.8 Å². The van der Waals surface area contributed by atoms with Gasteiger partial charge in [0.25, 0.3) is 5.56 Å². The maximum absolute atomic E-state index is 14.2. The van der Waals surface area contributed by atoms with E-state index < -0.39 is 0 Å². The fraction of sp³-hybridized carbons (Fsp3) is 0.320. The van der Waals surface area contributed by atoms with Crippen molar-refractivity contribution in [1.82, 2.24) is 19.2 Å². The van der Waals surface area contributed by atoms with Crippen molar-refractivity contribution in [1.29, 1.82) is 0 Å². The maximum atomic E-state index is 14.2. The van der Waals surface area contributed by atoms with Gasteiger partial charge in [0.1, 0.15) is 12.1 Å². The zero-order chi connectivity index (χ0) is 21.0. The van der Waals surface area contributed by atoms with E-state index in [0.29, 0.717) is 5.78 Å². The van der Waals surface area contributed by atoms with Gasteiger partial charge in [-0.2, -0.15) is 0 Å². The second-order valence-electron chi connectivity index (χ2n) is 8.74. The number of methoxy groups -OCH3 is 1. The summed E-state index contributed by atoms with van der Waals surface area (Å²) < 4.78 is 9.03. The number of ether oxygens (including phenoxy) is 1. The van der Waals surface area contributed by atoms with Gasteiger partial charge in [0.05, 0.1) is 18.5 Å². The zero-order valence-electron chi connectivity index (χ0n) is 17.5. The monoisotopic (exact) mass is 412 g/mol. The smallest absolute Gasteiger partial charge is 0.263 e. The number of fused-ring (bicyclic) bond motifs is 6. The highest BCUT2D eigenvalue weighted by molar-refractivity contribution is 5.74. The molecule has 2 aliphatic carbocycles. The van der Waals surface area contributed by atoms with Gasteiger partial charge in [-0.15, -0.1) is 10.2 Å². The first kappa shape index (κ1) is 18.4. The molecule has 0 radical (unpaired) electrons. The molecule has 4 aromatic rings. The van der Waals surface area contributed by atoms with E-state index in [1.54, 1.807) is 18.0 Å². The van der Waals surface area contributed by atoms with E-state index in [-0.39, 0.29) is 11.0 Å². The average molecular weight is 412 g/mol. The van der Waals surface area contributed by atoms with E-state index in [9.17, 15) is 4.79 Å². The predicted octanol–water partition coefficient (Wildman–Crippen LogP) is 4.31. The van der Waals surface area contributed by atoms with Gasteiger partial charge >= 0.3 is 0 Å². The van der Waals surface area contributed by atoms with Crippen LogP contribution < -0.4 is 10.3 Å². The molecule has 2 aromatic carbocycles. The number of nitrogens with zero attached hydrogens (tertiary/aromatic N) is 4. The van der Waals surface area contributed by atoms with Crippen LogP contribution in [0.3, 0.4) is 0 Å². The van der Waals surface area contributed by atoms with Gasteiger partial charge in [-0.25, -0.2) is 4.57 Å². The first-order valence-corrected chi connectivity index (χ1v) is 10.9. The molecule has 0 saturated heterocycles. The lowest BCUT2D eigenvalue weighted by Crippen LogP contribution is -2.43. The molecule has 1 saturated carbocycles. The average Bonchev–Trinajstić information content (AvgIpc) is 3.29. The van der Waals surface area contributed by atoms with E-state index in [2.05, 4.69) is 28.4 Å². The molecule has 0 amide bonds. The lowest BCUT2D eigenvalue weighted by Gasteiger charge is -2.42. The molecule has 6 heteroatoms. The van der Waals surface area contributed by atoms with Crippen LogP contribution >= 0.6 is 0 Å². The summed E-state index contributed by atoms with van der Waals surface area (Å²) in [7, 11) is 1.64. The van der Waals surface area contributed by atoms with Crippen molar-refractivity contribution < 1.29 is 4.74 Å². The molecule has 6 nitrogen and oxygen atoms in total. The van der Waals surface area contributed by atoms with Crippen molar-refractivity contribution in [2.75, 3.05) is 7.11 Å². The van der Waals surface area contributed by atoms with Crippen LogP contribution in [0.25, 0.3) is 22.7 Å². The molecule has 0 aliphatic heterocycles. The van der Waals surface area contributed by atoms with Crippen LogP contribution in [-0.4, -0.2) is 26.3 Å². The fourth-order valence-electron chi connectivity index (χ4n) is 5.68. The minimum atomic E-state index is -0.133. The van der Waals surface area contributed by atoms with Crippen LogP contribution in [0.15, 0.2) is 59.7 Å². The minimum absolute atomic E-state index is 0.0251. The Morgan fingerprint density at radius 2 is 1.77 bits per heavy atom. The molecule has 0 atom stereocenters. The molecule has 2 heterocycles. The Kier molecular flexibility index (Phi) is 4.03. The molecule has 0 unspecified atom stereocenters. The van der Waals surface area contributed by atoms with Crippen molar-refractivity contribution in [2.45, 2.75) is 43.9 Å². The topological polar surface area (TPSA) is 61.4 Å². The molecule has 2 aromatic heterocycles. The third-order valence-corrected chi connectivity index (χ3v) is 7.10. The van der Waals surface area contributed by atoms with Crippen molar-refractivity contribution in [3.63, 3.8) is 0 Å². The van der Waals surface area contributed by atoms with Crippen LogP contribution in [0.1, 0.15) is 43.2 Å². The van der Waals surface area contributed by atoms with Crippen LogP contribution in [0.4, 0.5) is 0 Å². The lowest BCUT2D eigenvalue weighted by atomic mass is 9.62. The van der Waals surface area contributed by atoms with Gasteiger partial charge < -0.3 is 4.74 Å². The summed E-state index contributed by atoms with van der Waals surface area (Å²) in [5.41, 5.74) is 5.00. The predicted molar refractivity (Wildman–Crippen MR) is 119 cm³/mol. The Balaban J connectivity index is 1.73. The van der Waals surface area contributed by atoms with Crippen molar-refractivity contribution in [3.05, 3.63) is 76.3 Å². The van der Waals surface area contributed by atoms with Gasteiger partial charge in [0.15, 0.2) is 0 Å². The van der Waals surface area contributed by atoms with Crippen LogP contribution in [0.5, 0.6) is 5.75 Å². The second-order valence-corrected chi connectivity index (χ2v) is 8.74.